The van der Waals surface area contributed by atoms with Crippen molar-refractivity contribution in [3.05, 3.63) is 28.2 Å². The van der Waals surface area contributed by atoms with Crippen LogP contribution in [0.5, 0.6) is 0 Å². The van der Waals surface area contributed by atoms with Crippen LogP contribution in [0, 0.1) is 6.92 Å². The van der Waals surface area contributed by atoms with Gasteiger partial charge in [0.05, 0.1) is 23.4 Å². The lowest BCUT2D eigenvalue weighted by Crippen LogP contribution is -2.04. The summed E-state index contributed by atoms with van der Waals surface area (Å²) in [6.45, 7) is 2.69. The fraction of sp³-hybridized carbons (Fsp3) is 0.200. The van der Waals surface area contributed by atoms with Gasteiger partial charge >= 0.3 is 0 Å². The number of rotatable bonds is 3. The van der Waals surface area contributed by atoms with Gasteiger partial charge in [-0.2, -0.15) is 0 Å². The molecule has 84 valence electrons. The van der Waals surface area contributed by atoms with Crippen LogP contribution in [0.2, 0.25) is 0 Å². The number of nitrogens with two attached hydrogens (primary N) is 2. The zero-order chi connectivity index (χ0) is 11.5. The van der Waals surface area contributed by atoms with Gasteiger partial charge in [0, 0.05) is 4.88 Å². The Balaban J connectivity index is 2.05. The van der Waals surface area contributed by atoms with Crippen molar-refractivity contribution in [3.8, 4) is 0 Å². The standard InChI is InChI=1S/C10H13N5S/c1-6-8(16-5-14-6)4-13-9-3-2-7(11)10(12)15-9/h2-3,5H,4,11H2,1H3,(H3,12,13,15). The Hall–Kier alpha value is -1.82. The molecule has 5 nitrogen and oxygen atoms in total. The fourth-order valence-corrected chi connectivity index (χ4v) is 1.97. The van der Waals surface area contributed by atoms with E-state index in [9.17, 15) is 0 Å². The van der Waals surface area contributed by atoms with E-state index in [0.29, 0.717) is 18.1 Å². The van der Waals surface area contributed by atoms with Crippen molar-refractivity contribution in [1.29, 1.82) is 0 Å². The average Bonchev–Trinajstić information content (AvgIpc) is 2.66. The maximum absolute atomic E-state index is 5.61. The highest BCUT2D eigenvalue weighted by atomic mass is 32.1. The molecule has 16 heavy (non-hydrogen) atoms. The fourth-order valence-electron chi connectivity index (χ4n) is 1.25. The Bertz CT molecular complexity index is 494. The third-order valence-corrected chi connectivity index (χ3v) is 3.17. The Morgan fingerprint density at radius 3 is 2.81 bits per heavy atom. The lowest BCUT2D eigenvalue weighted by molar-refractivity contribution is 1.10. The maximum Gasteiger partial charge on any atom is 0.149 e. The SMILES string of the molecule is Cc1ncsc1CNc1ccc(N)c(N)n1. The normalized spacial score (nSPS) is 10.3. The van der Waals surface area contributed by atoms with Crippen LogP contribution in [-0.2, 0) is 6.54 Å². The van der Waals surface area contributed by atoms with E-state index in [0.717, 1.165) is 11.5 Å². The number of hydrogen-bond donors (Lipinski definition) is 3. The zero-order valence-corrected chi connectivity index (χ0v) is 9.71. The van der Waals surface area contributed by atoms with Gasteiger partial charge in [0.2, 0.25) is 0 Å². The zero-order valence-electron chi connectivity index (χ0n) is 8.90. The number of thiazole rings is 1. The monoisotopic (exact) mass is 235 g/mol. The third-order valence-electron chi connectivity index (χ3n) is 2.23. The van der Waals surface area contributed by atoms with Crippen LogP contribution >= 0.6 is 11.3 Å². The summed E-state index contributed by atoms with van der Waals surface area (Å²) in [7, 11) is 0. The molecule has 0 amide bonds. The van der Waals surface area contributed by atoms with Crippen molar-refractivity contribution in [2.75, 3.05) is 16.8 Å². The minimum atomic E-state index is 0.353. The van der Waals surface area contributed by atoms with Crippen LogP contribution in [0.1, 0.15) is 10.6 Å². The molecule has 0 saturated heterocycles. The van der Waals surface area contributed by atoms with Gasteiger partial charge in [-0.25, -0.2) is 9.97 Å². The molecular formula is C10H13N5S. The molecule has 0 bridgehead atoms. The van der Waals surface area contributed by atoms with Crippen molar-refractivity contribution in [1.82, 2.24) is 9.97 Å². The molecule has 6 heteroatoms. The van der Waals surface area contributed by atoms with E-state index in [1.54, 1.807) is 17.4 Å². The highest BCUT2D eigenvalue weighted by Crippen LogP contribution is 2.17. The lowest BCUT2D eigenvalue weighted by Gasteiger charge is -2.06. The molecule has 2 rings (SSSR count). The predicted molar refractivity (Wildman–Crippen MR) is 67.2 cm³/mol. The van der Waals surface area contributed by atoms with E-state index >= 15 is 0 Å². The summed E-state index contributed by atoms with van der Waals surface area (Å²) in [6.07, 6.45) is 0. The number of anilines is 3. The predicted octanol–water partition coefficient (Wildman–Crippen LogP) is 1.62. The summed E-state index contributed by atoms with van der Waals surface area (Å²) in [5.41, 5.74) is 14.6. The number of nitrogens with one attached hydrogen (secondary N) is 1. The number of nitrogens with zero attached hydrogens (tertiary/aromatic N) is 2. The minimum absolute atomic E-state index is 0.353. The summed E-state index contributed by atoms with van der Waals surface area (Å²) in [6, 6.07) is 3.55. The first kappa shape index (κ1) is 10.7. The number of hydrogen-bond acceptors (Lipinski definition) is 6. The second-order valence-electron chi connectivity index (χ2n) is 3.39. The van der Waals surface area contributed by atoms with Crippen molar-refractivity contribution in [2.45, 2.75) is 13.5 Å². The summed E-state index contributed by atoms with van der Waals surface area (Å²) < 4.78 is 0. The molecule has 0 unspecified atom stereocenters. The van der Waals surface area contributed by atoms with Crippen LogP contribution in [0.15, 0.2) is 17.6 Å². The van der Waals surface area contributed by atoms with Crippen molar-refractivity contribution >= 4 is 28.7 Å². The molecule has 0 aliphatic carbocycles. The first-order valence-electron chi connectivity index (χ1n) is 4.81. The first-order chi connectivity index (χ1) is 7.66. The summed E-state index contributed by atoms with van der Waals surface area (Å²) in [5.74, 6) is 1.07. The summed E-state index contributed by atoms with van der Waals surface area (Å²) in [4.78, 5) is 9.49. The van der Waals surface area contributed by atoms with E-state index in [1.165, 1.54) is 4.88 Å². The maximum atomic E-state index is 5.61. The number of aromatic nitrogens is 2. The molecule has 0 radical (unpaired) electrons. The van der Waals surface area contributed by atoms with Gasteiger partial charge in [-0.15, -0.1) is 11.3 Å². The highest BCUT2D eigenvalue weighted by Gasteiger charge is 2.02. The molecule has 0 atom stereocenters. The van der Waals surface area contributed by atoms with Gasteiger partial charge in [0.25, 0.3) is 0 Å². The van der Waals surface area contributed by atoms with Crippen molar-refractivity contribution < 1.29 is 0 Å². The Kier molecular flexibility index (Phi) is 2.91. The average molecular weight is 235 g/mol. The quantitative estimate of drug-likeness (QED) is 0.752. The van der Waals surface area contributed by atoms with Gasteiger partial charge < -0.3 is 16.8 Å². The number of pyridine rings is 1. The Morgan fingerprint density at radius 2 is 2.19 bits per heavy atom. The largest absolute Gasteiger partial charge is 0.396 e. The smallest absolute Gasteiger partial charge is 0.149 e. The second kappa shape index (κ2) is 4.36. The molecule has 0 fully saturated rings. The molecule has 2 heterocycles. The molecule has 2 aromatic heterocycles. The van der Waals surface area contributed by atoms with Gasteiger partial charge in [-0.05, 0) is 19.1 Å². The van der Waals surface area contributed by atoms with Gasteiger partial charge in [-0.3, -0.25) is 0 Å². The van der Waals surface area contributed by atoms with Crippen molar-refractivity contribution in [3.63, 3.8) is 0 Å². The molecule has 0 saturated carbocycles. The molecule has 0 aliphatic rings. The van der Waals surface area contributed by atoms with Gasteiger partial charge in [-0.1, -0.05) is 0 Å². The van der Waals surface area contributed by atoms with Crippen LogP contribution in [-0.4, -0.2) is 9.97 Å². The van der Waals surface area contributed by atoms with Gasteiger partial charge in [0.15, 0.2) is 0 Å². The van der Waals surface area contributed by atoms with Crippen molar-refractivity contribution in [2.24, 2.45) is 0 Å². The second-order valence-corrected chi connectivity index (χ2v) is 4.32. The topological polar surface area (TPSA) is 89.8 Å². The highest BCUT2D eigenvalue weighted by molar-refractivity contribution is 7.09. The molecular weight excluding hydrogens is 222 g/mol. The van der Waals surface area contributed by atoms with E-state index in [2.05, 4.69) is 15.3 Å². The summed E-state index contributed by atoms with van der Waals surface area (Å²) >= 11 is 1.62. The van der Waals surface area contributed by atoms with E-state index in [4.69, 9.17) is 11.5 Å². The molecule has 2 aromatic rings. The van der Waals surface area contributed by atoms with Crippen LogP contribution in [0.4, 0.5) is 17.3 Å². The Labute approximate surface area is 97.5 Å². The number of aryl methyl sites for hydroxylation is 1. The summed E-state index contributed by atoms with van der Waals surface area (Å²) in [5, 5.41) is 3.18. The molecule has 0 aliphatic heterocycles. The first-order valence-corrected chi connectivity index (χ1v) is 5.69. The lowest BCUT2D eigenvalue weighted by atomic mass is 10.3. The van der Waals surface area contributed by atoms with Crippen LogP contribution in [0.25, 0.3) is 0 Å². The molecule has 0 spiro atoms. The Morgan fingerprint density at radius 1 is 1.38 bits per heavy atom. The molecule has 5 N–H and O–H groups in total. The van der Waals surface area contributed by atoms with E-state index in [-0.39, 0.29) is 0 Å². The van der Waals surface area contributed by atoms with Gasteiger partial charge in [0.1, 0.15) is 11.6 Å². The van der Waals surface area contributed by atoms with E-state index < -0.39 is 0 Å². The number of nitrogen functional groups attached to an aromatic ring is 2. The third kappa shape index (κ3) is 2.22. The van der Waals surface area contributed by atoms with Crippen LogP contribution in [0.3, 0.4) is 0 Å². The molecule has 0 aromatic carbocycles. The minimum Gasteiger partial charge on any atom is -0.396 e. The van der Waals surface area contributed by atoms with E-state index in [1.807, 2.05) is 18.5 Å². The van der Waals surface area contributed by atoms with Crippen LogP contribution < -0.4 is 16.8 Å².